The summed E-state index contributed by atoms with van der Waals surface area (Å²) >= 11 is 1.47. The van der Waals surface area contributed by atoms with E-state index in [0.717, 1.165) is 29.3 Å². The smallest absolute Gasteiger partial charge is 0.233 e. The Morgan fingerprint density at radius 1 is 1.08 bits per heavy atom. The number of H-pyrrole nitrogens is 1. The minimum atomic E-state index is 0.180. The predicted molar refractivity (Wildman–Crippen MR) is 105 cm³/mol. The molecule has 5 heteroatoms. The van der Waals surface area contributed by atoms with Crippen LogP contribution in [0.2, 0.25) is 0 Å². The first-order valence-corrected chi connectivity index (χ1v) is 9.85. The molecule has 1 aliphatic carbocycles. The van der Waals surface area contributed by atoms with Crippen LogP contribution in [0.15, 0.2) is 72.0 Å². The molecule has 26 heavy (non-hydrogen) atoms. The van der Waals surface area contributed by atoms with Gasteiger partial charge in [-0.1, -0.05) is 72.4 Å². The summed E-state index contributed by atoms with van der Waals surface area (Å²) in [5.41, 5.74) is 3.26. The summed E-state index contributed by atoms with van der Waals surface area (Å²) in [7, 11) is 0. The van der Waals surface area contributed by atoms with Crippen molar-refractivity contribution in [3.63, 3.8) is 0 Å². The zero-order valence-electron chi connectivity index (χ0n) is 14.5. The summed E-state index contributed by atoms with van der Waals surface area (Å²) in [6.45, 7) is 0.693. The highest BCUT2D eigenvalue weighted by Crippen LogP contribution is 2.30. The van der Waals surface area contributed by atoms with Crippen LogP contribution < -0.4 is 0 Å². The first-order chi connectivity index (χ1) is 12.8. The lowest BCUT2D eigenvalue weighted by molar-refractivity contribution is -0.129. The summed E-state index contributed by atoms with van der Waals surface area (Å²) in [5, 5.41) is 0.785. The Morgan fingerprint density at radius 3 is 2.46 bits per heavy atom. The highest BCUT2D eigenvalue weighted by molar-refractivity contribution is 7.99. The number of hydrogen-bond acceptors (Lipinski definition) is 3. The van der Waals surface area contributed by atoms with Crippen molar-refractivity contribution in [2.75, 3.05) is 5.75 Å². The molecule has 3 aromatic rings. The number of amides is 1. The van der Waals surface area contributed by atoms with Gasteiger partial charge in [0.05, 0.1) is 17.6 Å². The fourth-order valence-corrected chi connectivity index (χ4v) is 3.68. The molecule has 1 aromatic heterocycles. The van der Waals surface area contributed by atoms with E-state index in [1.54, 1.807) is 0 Å². The van der Waals surface area contributed by atoms with Crippen LogP contribution in [0.25, 0.3) is 11.3 Å². The van der Waals surface area contributed by atoms with E-state index in [1.165, 1.54) is 17.3 Å². The molecule has 1 saturated carbocycles. The molecule has 0 radical (unpaired) electrons. The number of carbonyl (C=O) groups is 1. The van der Waals surface area contributed by atoms with Crippen LogP contribution in [0.3, 0.4) is 0 Å². The molecule has 1 fully saturated rings. The van der Waals surface area contributed by atoms with E-state index < -0.39 is 0 Å². The fraction of sp³-hybridized carbons (Fsp3) is 0.238. The van der Waals surface area contributed by atoms with Crippen molar-refractivity contribution in [2.24, 2.45) is 0 Å². The van der Waals surface area contributed by atoms with E-state index in [-0.39, 0.29) is 5.91 Å². The molecule has 0 unspecified atom stereocenters. The van der Waals surface area contributed by atoms with Crippen LogP contribution >= 0.6 is 11.8 Å². The zero-order chi connectivity index (χ0) is 17.8. The maximum absolute atomic E-state index is 12.7. The second kappa shape index (κ2) is 7.79. The zero-order valence-corrected chi connectivity index (χ0v) is 15.3. The first-order valence-electron chi connectivity index (χ1n) is 8.86. The van der Waals surface area contributed by atoms with Crippen molar-refractivity contribution in [1.82, 2.24) is 14.9 Å². The molecule has 0 saturated heterocycles. The average molecular weight is 363 g/mol. The van der Waals surface area contributed by atoms with E-state index >= 15 is 0 Å². The number of thioether (sulfide) groups is 1. The van der Waals surface area contributed by atoms with Crippen LogP contribution in [-0.4, -0.2) is 32.6 Å². The van der Waals surface area contributed by atoms with Gasteiger partial charge in [-0.25, -0.2) is 4.98 Å². The third-order valence-electron chi connectivity index (χ3n) is 4.47. The summed E-state index contributed by atoms with van der Waals surface area (Å²) in [6.07, 6.45) is 4.05. The lowest BCUT2D eigenvalue weighted by atomic mass is 10.2. The number of benzene rings is 2. The van der Waals surface area contributed by atoms with Gasteiger partial charge >= 0.3 is 0 Å². The first kappa shape index (κ1) is 16.9. The van der Waals surface area contributed by atoms with Crippen molar-refractivity contribution in [1.29, 1.82) is 0 Å². The monoisotopic (exact) mass is 363 g/mol. The molecule has 0 aliphatic heterocycles. The van der Waals surface area contributed by atoms with E-state index in [9.17, 15) is 4.79 Å². The average Bonchev–Trinajstić information content (AvgIpc) is 3.42. The van der Waals surface area contributed by atoms with Gasteiger partial charge in [0.25, 0.3) is 0 Å². The molecule has 4 rings (SSSR count). The molecule has 1 amide bonds. The van der Waals surface area contributed by atoms with Gasteiger partial charge in [-0.15, -0.1) is 0 Å². The highest BCUT2D eigenvalue weighted by Gasteiger charge is 2.32. The number of aromatic amines is 1. The van der Waals surface area contributed by atoms with Crippen LogP contribution in [0.4, 0.5) is 0 Å². The number of nitrogens with one attached hydrogen (secondary N) is 1. The largest absolute Gasteiger partial charge is 0.335 e. The minimum absolute atomic E-state index is 0.180. The van der Waals surface area contributed by atoms with Crippen LogP contribution in [-0.2, 0) is 11.3 Å². The highest BCUT2D eigenvalue weighted by atomic mass is 32.2. The Bertz CT molecular complexity index is 859. The van der Waals surface area contributed by atoms with Crippen molar-refractivity contribution in [3.05, 3.63) is 72.4 Å². The Hall–Kier alpha value is -2.53. The van der Waals surface area contributed by atoms with E-state index in [0.29, 0.717) is 18.3 Å². The van der Waals surface area contributed by atoms with Gasteiger partial charge in [-0.2, -0.15) is 0 Å². The third-order valence-corrected chi connectivity index (χ3v) is 5.35. The lowest BCUT2D eigenvalue weighted by Gasteiger charge is -2.22. The van der Waals surface area contributed by atoms with E-state index in [4.69, 9.17) is 0 Å². The standard InChI is InChI=1S/C21H21N3OS/c25-20(24(18-11-12-18)14-16-7-3-1-4-8-16)15-26-21-22-13-19(23-21)17-9-5-2-6-10-17/h1-10,13,18H,11-12,14-15H2,(H,22,23). The SMILES string of the molecule is O=C(CSc1ncc(-c2ccccc2)[nH]1)N(Cc1ccccc1)C1CC1. The Labute approximate surface area is 157 Å². The molecule has 4 nitrogen and oxygen atoms in total. The fourth-order valence-electron chi connectivity index (χ4n) is 2.94. The number of aromatic nitrogens is 2. The normalized spacial score (nSPS) is 13.5. The Morgan fingerprint density at radius 2 is 1.77 bits per heavy atom. The van der Waals surface area contributed by atoms with Gasteiger partial charge in [0.15, 0.2) is 5.16 Å². The summed E-state index contributed by atoms with van der Waals surface area (Å²) in [6, 6.07) is 20.7. The summed E-state index contributed by atoms with van der Waals surface area (Å²) in [4.78, 5) is 22.5. The van der Waals surface area contributed by atoms with Gasteiger partial charge in [-0.3, -0.25) is 4.79 Å². The number of nitrogens with zero attached hydrogens (tertiary/aromatic N) is 2. The Kier molecular flexibility index (Phi) is 5.07. The van der Waals surface area contributed by atoms with Crippen LogP contribution in [0.1, 0.15) is 18.4 Å². The van der Waals surface area contributed by atoms with Crippen molar-refractivity contribution >= 4 is 17.7 Å². The molecule has 1 aliphatic rings. The van der Waals surface area contributed by atoms with Crippen molar-refractivity contribution in [3.8, 4) is 11.3 Å². The van der Waals surface area contributed by atoms with Crippen LogP contribution in [0, 0.1) is 0 Å². The van der Waals surface area contributed by atoms with Crippen LogP contribution in [0.5, 0.6) is 0 Å². The maximum atomic E-state index is 12.7. The molecular formula is C21H21N3OS. The molecule has 0 spiro atoms. The molecule has 0 atom stereocenters. The van der Waals surface area contributed by atoms with Crippen molar-refractivity contribution < 1.29 is 4.79 Å². The van der Waals surface area contributed by atoms with Gasteiger partial charge in [0.1, 0.15) is 0 Å². The van der Waals surface area contributed by atoms with Gasteiger partial charge < -0.3 is 9.88 Å². The number of carbonyl (C=O) groups excluding carboxylic acids is 1. The van der Waals surface area contributed by atoms with E-state index in [2.05, 4.69) is 22.1 Å². The molecule has 2 aromatic carbocycles. The van der Waals surface area contributed by atoms with Gasteiger partial charge in [0.2, 0.25) is 5.91 Å². The third kappa shape index (κ3) is 4.17. The second-order valence-electron chi connectivity index (χ2n) is 6.50. The molecular weight excluding hydrogens is 342 g/mol. The summed E-state index contributed by atoms with van der Waals surface area (Å²) < 4.78 is 0. The minimum Gasteiger partial charge on any atom is -0.335 e. The quantitative estimate of drug-likeness (QED) is 0.635. The number of rotatable bonds is 7. The van der Waals surface area contributed by atoms with Crippen molar-refractivity contribution in [2.45, 2.75) is 30.6 Å². The second-order valence-corrected chi connectivity index (χ2v) is 7.46. The Balaban J connectivity index is 1.37. The lowest BCUT2D eigenvalue weighted by Crippen LogP contribution is -2.33. The van der Waals surface area contributed by atoms with E-state index in [1.807, 2.05) is 59.6 Å². The summed E-state index contributed by atoms with van der Waals surface area (Å²) in [5.74, 6) is 0.587. The number of imidazole rings is 1. The molecule has 0 bridgehead atoms. The molecule has 1 heterocycles. The molecule has 1 N–H and O–H groups in total. The molecule has 132 valence electrons. The van der Waals surface area contributed by atoms with Gasteiger partial charge in [0, 0.05) is 12.6 Å². The maximum Gasteiger partial charge on any atom is 0.233 e. The topological polar surface area (TPSA) is 49.0 Å². The predicted octanol–water partition coefficient (Wildman–Crippen LogP) is 4.36. The van der Waals surface area contributed by atoms with Gasteiger partial charge in [-0.05, 0) is 24.0 Å². The number of hydrogen-bond donors (Lipinski definition) is 1.